The minimum Gasteiger partial charge on any atom is -0.369 e. The van der Waals surface area contributed by atoms with Crippen molar-refractivity contribution in [3.63, 3.8) is 0 Å². The maximum Gasteiger partial charge on any atom is 0.122 e. The van der Waals surface area contributed by atoms with Crippen molar-refractivity contribution in [2.45, 2.75) is 31.3 Å². The summed E-state index contributed by atoms with van der Waals surface area (Å²) in [4.78, 5) is 0. The highest BCUT2D eigenvalue weighted by Crippen LogP contribution is 2.39. The number of hydrogen-bond donors (Lipinski definition) is 1. The molecule has 3 aromatic carbocycles. The smallest absolute Gasteiger partial charge is 0.122 e. The first kappa shape index (κ1) is 22.6. The SMILES string of the molecule is Clc1ccc([C@@]2(OCc3ccccc3)CCNCC2OCc2cc(Cl)ccc2Cl)cc1. The number of ether oxygens (including phenoxy) is 2. The number of halogens is 3. The van der Waals surface area contributed by atoms with Gasteiger partial charge in [-0.25, -0.2) is 0 Å². The molecule has 1 unspecified atom stereocenters. The van der Waals surface area contributed by atoms with E-state index in [4.69, 9.17) is 44.3 Å². The third kappa shape index (κ3) is 5.43. The van der Waals surface area contributed by atoms with E-state index < -0.39 is 5.60 Å². The van der Waals surface area contributed by atoms with E-state index in [0.29, 0.717) is 34.8 Å². The zero-order valence-corrected chi connectivity index (χ0v) is 19.3. The number of benzene rings is 3. The Labute approximate surface area is 198 Å². The highest BCUT2D eigenvalue weighted by Gasteiger charge is 2.44. The minimum absolute atomic E-state index is 0.221. The van der Waals surface area contributed by atoms with Crippen molar-refractivity contribution >= 4 is 34.8 Å². The summed E-state index contributed by atoms with van der Waals surface area (Å²) >= 11 is 18.7. The van der Waals surface area contributed by atoms with Gasteiger partial charge in [0.1, 0.15) is 11.7 Å². The lowest BCUT2D eigenvalue weighted by molar-refractivity contribution is -0.176. The van der Waals surface area contributed by atoms with Gasteiger partial charge in [-0.05, 0) is 60.0 Å². The minimum atomic E-state index is -0.614. The van der Waals surface area contributed by atoms with Crippen molar-refractivity contribution in [2.24, 2.45) is 0 Å². The molecule has 1 fully saturated rings. The highest BCUT2D eigenvalue weighted by molar-refractivity contribution is 6.33. The van der Waals surface area contributed by atoms with Crippen LogP contribution in [0.5, 0.6) is 0 Å². The molecule has 0 aliphatic carbocycles. The van der Waals surface area contributed by atoms with Crippen molar-refractivity contribution in [3.05, 3.63) is 105 Å². The van der Waals surface area contributed by atoms with Crippen LogP contribution in [0.15, 0.2) is 72.8 Å². The molecule has 0 spiro atoms. The Morgan fingerprint density at radius 3 is 2.39 bits per heavy atom. The first-order chi connectivity index (χ1) is 15.1. The Kier molecular flexibility index (Phi) is 7.55. The van der Waals surface area contributed by atoms with Gasteiger partial charge in [0, 0.05) is 21.6 Å². The van der Waals surface area contributed by atoms with Crippen LogP contribution in [0.4, 0.5) is 0 Å². The highest BCUT2D eigenvalue weighted by atomic mass is 35.5. The maximum absolute atomic E-state index is 6.67. The molecule has 1 N–H and O–H groups in total. The van der Waals surface area contributed by atoms with Crippen LogP contribution in [-0.2, 0) is 28.3 Å². The van der Waals surface area contributed by atoms with Crippen LogP contribution in [-0.4, -0.2) is 19.2 Å². The molecule has 1 heterocycles. The Morgan fingerprint density at radius 2 is 1.61 bits per heavy atom. The lowest BCUT2D eigenvalue weighted by Crippen LogP contribution is -2.54. The van der Waals surface area contributed by atoms with Crippen LogP contribution < -0.4 is 5.32 Å². The van der Waals surface area contributed by atoms with E-state index >= 15 is 0 Å². The molecule has 0 amide bonds. The molecule has 1 saturated heterocycles. The van der Waals surface area contributed by atoms with Crippen LogP contribution >= 0.6 is 34.8 Å². The molecule has 6 heteroatoms. The predicted octanol–water partition coefficient (Wildman–Crippen LogP) is 6.64. The second-order valence-electron chi connectivity index (χ2n) is 7.66. The monoisotopic (exact) mass is 475 g/mol. The van der Waals surface area contributed by atoms with Gasteiger partial charge in [-0.3, -0.25) is 0 Å². The molecule has 3 nitrogen and oxygen atoms in total. The molecule has 1 aliphatic rings. The molecule has 1 aliphatic heterocycles. The van der Waals surface area contributed by atoms with Crippen LogP contribution in [0.2, 0.25) is 15.1 Å². The standard InChI is InChI=1S/C25H24Cl3NO2/c26-21-8-6-20(7-9-21)25(31-16-18-4-2-1-3-5-18)12-13-29-15-24(25)30-17-19-14-22(27)10-11-23(19)28/h1-11,14,24,29H,12-13,15-17H2/t24?,25-/m0/s1. The second kappa shape index (κ2) is 10.4. The fourth-order valence-corrected chi connectivity index (χ4v) is 4.46. The molecule has 4 rings (SSSR count). The van der Waals surface area contributed by atoms with E-state index in [1.54, 1.807) is 12.1 Å². The summed E-state index contributed by atoms with van der Waals surface area (Å²) in [6.07, 6.45) is 0.552. The third-order valence-electron chi connectivity index (χ3n) is 5.64. The van der Waals surface area contributed by atoms with E-state index in [1.807, 2.05) is 48.5 Å². The summed E-state index contributed by atoms with van der Waals surface area (Å²) in [6, 6.07) is 23.4. The number of rotatable bonds is 7. The summed E-state index contributed by atoms with van der Waals surface area (Å²) in [5.74, 6) is 0. The molecule has 0 aromatic heterocycles. The van der Waals surface area contributed by atoms with Gasteiger partial charge in [-0.1, -0.05) is 77.3 Å². The maximum atomic E-state index is 6.67. The normalized spacial score (nSPS) is 21.2. The van der Waals surface area contributed by atoms with Crippen molar-refractivity contribution in [2.75, 3.05) is 13.1 Å². The lowest BCUT2D eigenvalue weighted by atomic mass is 9.82. The lowest BCUT2D eigenvalue weighted by Gasteiger charge is -2.44. The van der Waals surface area contributed by atoms with Crippen molar-refractivity contribution < 1.29 is 9.47 Å². The quantitative estimate of drug-likeness (QED) is 0.415. The fraction of sp³-hybridized carbons (Fsp3) is 0.280. The molecule has 0 radical (unpaired) electrons. The number of nitrogens with one attached hydrogen (secondary N) is 1. The predicted molar refractivity (Wildman–Crippen MR) is 127 cm³/mol. The topological polar surface area (TPSA) is 30.5 Å². The zero-order valence-electron chi connectivity index (χ0n) is 17.0. The van der Waals surface area contributed by atoms with Crippen molar-refractivity contribution in [3.8, 4) is 0 Å². The summed E-state index contributed by atoms with van der Waals surface area (Å²) in [6.45, 7) is 2.32. The van der Waals surface area contributed by atoms with Gasteiger partial charge in [0.2, 0.25) is 0 Å². The van der Waals surface area contributed by atoms with Gasteiger partial charge in [-0.15, -0.1) is 0 Å². The van der Waals surface area contributed by atoms with E-state index in [0.717, 1.165) is 29.7 Å². The third-order valence-corrected chi connectivity index (χ3v) is 6.50. The fourth-order valence-electron chi connectivity index (χ4n) is 3.97. The van der Waals surface area contributed by atoms with Gasteiger partial charge in [0.25, 0.3) is 0 Å². The van der Waals surface area contributed by atoms with E-state index in [-0.39, 0.29) is 6.10 Å². The average Bonchev–Trinajstić information content (AvgIpc) is 2.80. The Morgan fingerprint density at radius 1 is 0.871 bits per heavy atom. The Bertz CT molecular complexity index is 997. The Balaban J connectivity index is 1.62. The molecule has 3 aromatic rings. The molecular formula is C25H24Cl3NO2. The van der Waals surface area contributed by atoms with Gasteiger partial charge < -0.3 is 14.8 Å². The molecular weight excluding hydrogens is 453 g/mol. The van der Waals surface area contributed by atoms with Crippen LogP contribution in [0.3, 0.4) is 0 Å². The second-order valence-corrected chi connectivity index (χ2v) is 8.94. The van der Waals surface area contributed by atoms with E-state index in [9.17, 15) is 0 Å². The van der Waals surface area contributed by atoms with Gasteiger partial charge in [0.05, 0.1) is 13.2 Å². The first-order valence-electron chi connectivity index (χ1n) is 10.3. The molecule has 2 atom stereocenters. The van der Waals surface area contributed by atoms with Gasteiger partial charge >= 0.3 is 0 Å². The molecule has 31 heavy (non-hydrogen) atoms. The summed E-state index contributed by atoms with van der Waals surface area (Å²) in [5, 5.41) is 5.40. The van der Waals surface area contributed by atoms with E-state index in [1.165, 1.54) is 0 Å². The summed E-state index contributed by atoms with van der Waals surface area (Å²) in [5.41, 5.74) is 2.41. The van der Waals surface area contributed by atoms with Gasteiger partial charge in [0.15, 0.2) is 0 Å². The first-order valence-corrected chi connectivity index (χ1v) is 11.4. The Hall–Kier alpha value is -1.59. The number of hydrogen-bond acceptors (Lipinski definition) is 3. The molecule has 0 bridgehead atoms. The zero-order chi connectivity index (χ0) is 21.7. The largest absolute Gasteiger partial charge is 0.369 e. The van der Waals surface area contributed by atoms with E-state index in [2.05, 4.69) is 17.4 Å². The summed E-state index contributed by atoms with van der Waals surface area (Å²) in [7, 11) is 0. The average molecular weight is 477 g/mol. The summed E-state index contributed by atoms with van der Waals surface area (Å²) < 4.78 is 13.1. The number of piperidine rings is 1. The van der Waals surface area contributed by atoms with Crippen LogP contribution in [0.25, 0.3) is 0 Å². The van der Waals surface area contributed by atoms with Crippen LogP contribution in [0, 0.1) is 0 Å². The van der Waals surface area contributed by atoms with Gasteiger partial charge in [-0.2, -0.15) is 0 Å². The van der Waals surface area contributed by atoms with Crippen LogP contribution in [0.1, 0.15) is 23.1 Å². The molecule has 162 valence electrons. The van der Waals surface area contributed by atoms with Crippen molar-refractivity contribution in [1.29, 1.82) is 0 Å². The molecule has 0 saturated carbocycles. The van der Waals surface area contributed by atoms with Crippen molar-refractivity contribution in [1.82, 2.24) is 5.32 Å².